The lowest BCUT2D eigenvalue weighted by Crippen LogP contribution is -2.61. The molecule has 1 aliphatic carbocycles. The van der Waals surface area contributed by atoms with E-state index < -0.39 is 74.2 Å². The number of hydrogen-bond donors (Lipinski definition) is 2. The third kappa shape index (κ3) is 19.0. The summed E-state index contributed by atoms with van der Waals surface area (Å²) >= 11 is 0. The molecule has 88 heavy (non-hydrogen) atoms. The van der Waals surface area contributed by atoms with Crippen LogP contribution in [0.3, 0.4) is 0 Å². The number of anilines is 1. The normalized spacial score (nSPS) is 19.0. The summed E-state index contributed by atoms with van der Waals surface area (Å²) in [5, 5.41) is 3.89. The summed E-state index contributed by atoms with van der Waals surface area (Å²) in [4.78, 5) is 29.7. The SMILES string of the molecule is COCCOC(OCCOC)[18O][C@@H]1[C@H](OC(=O)[C@@H](N)Cc2ccccc2)[C@@H](CO[Si](OC2CCCCCCCCCCC2)(O[Si](C)(C)C)O[Si](C)(C)C)O[C@H]1n1cnc2c(NC(c3ccccc3)(c3ccc(OC)cc3)c3ccc(OC)cc3)ncnc21. The molecule has 3 heterocycles. The third-order valence-corrected chi connectivity index (χ3v) is 23.4. The number of nitrogens with two attached hydrogens (primary N) is 1. The molecule has 1 aliphatic heterocycles. The van der Waals surface area contributed by atoms with Gasteiger partial charge in [0.2, 0.25) is 0 Å². The van der Waals surface area contributed by atoms with Crippen LogP contribution < -0.4 is 20.5 Å². The second-order valence-corrected chi connectivity index (χ2v) is 36.0. The largest absolute Gasteiger partial charge is 0.658 e. The number of hydrogen-bond acceptors (Lipinski definition) is 19. The van der Waals surface area contributed by atoms with E-state index in [1.165, 1.54) is 38.4 Å². The molecule has 1 saturated heterocycles. The summed E-state index contributed by atoms with van der Waals surface area (Å²) in [6.07, 6.45) is 10.5. The van der Waals surface area contributed by atoms with E-state index in [1.54, 1.807) is 39.3 Å². The van der Waals surface area contributed by atoms with E-state index in [-0.39, 0.29) is 45.6 Å². The fourth-order valence-corrected chi connectivity index (χ4v) is 19.7. The number of nitrogens with one attached hydrogen (secondary N) is 1. The van der Waals surface area contributed by atoms with Crippen molar-refractivity contribution < 1.29 is 64.5 Å². The molecule has 2 aromatic heterocycles. The summed E-state index contributed by atoms with van der Waals surface area (Å²) in [5.74, 6) is 1.08. The zero-order valence-corrected chi connectivity index (χ0v) is 56.2. The first-order chi connectivity index (χ1) is 42.5. The number of ether oxygens (including phenoxy) is 9. The van der Waals surface area contributed by atoms with Gasteiger partial charge in [0.1, 0.15) is 41.6 Å². The highest BCUT2D eigenvalue weighted by Crippen LogP contribution is 2.44. The van der Waals surface area contributed by atoms with Gasteiger partial charge in [-0.2, -0.15) is 0 Å². The Bertz CT molecular complexity index is 2930. The number of esters is 1. The van der Waals surface area contributed by atoms with Crippen LogP contribution in [0.1, 0.15) is 99.1 Å². The standard InChI is InChI=1S/C65H94N6O14Si3/c1-73-40-42-77-64(78-43-41-74-2)82-59-58(81-63(72)55(66)44-48-26-20-18-21-27-48)56(45-79-88(84-86(5,6)7,85-87(8,9)10)83-54-30-24-16-14-12-11-13-15-17-25-31-54)80-62(59)71-47-69-57-60(67-46-68-61(57)71)70-65(49-28-22-19-23-29-49,50-32-36-52(75-3)37-33-50)51-34-38-53(76-4)39-35-51/h18-23,26-29,32-39,46-47,54-56,58-59,62,64H,11-17,24-25,30-31,40-45,66H2,1-10H3,(H,67,68,70)/t55-,56+,58+,59+,62+/m0/s1/i82+2. The highest BCUT2D eigenvalue weighted by molar-refractivity contribution is 6.83. The lowest BCUT2D eigenvalue weighted by atomic mass is 9.77. The summed E-state index contributed by atoms with van der Waals surface area (Å²) in [6, 6.07) is 34.4. The van der Waals surface area contributed by atoms with Crippen LogP contribution in [0.4, 0.5) is 5.82 Å². The van der Waals surface area contributed by atoms with E-state index in [4.69, 9.17) is 80.4 Å². The molecule has 6 aromatic rings. The molecule has 5 atom stereocenters. The Balaban J connectivity index is 1.26. The number of rotatable bonds is 31. The Morgan fingerprint density at radius 3 is 1.73 bits per heavy atom. The predicted molar refractivity (Wildman–Crippen MR) is 344 cm³/mol. The second kappa shape index (κ2) is 33.0. The van der Waals surface area contributed by atoms with Crippen LogP contribution in [0.2, 0.25) is 39.3 Å². The molecule has 4 aromatic carbocycles. The lowest BCUT2D eigenvalue weighted by Gasteiger charge is -2.40. The van der Waals surface area contributed by atoms with Crippen LogP contribution in [-0.2, 0) is 67.0 Å². The van der Waals surface area contributed by atoms with Crippen molar-refractivity contribution in [1.82, 2.24) is 19.5 Å². The van der Waals surface area contributed by atoms with Gasteiger partial charge in [-0.25, -0.2) is 15.0 Å². The molecule has 0 spiro atoms. The maximum Gasteiger partial charge on any atom is 0.658 e. The second-order valence-electron chi connectivity index (χ2n) is 24.4. The van der Waals surface area contributed by atoms with Crippen molar-refractivity contribution in [3.8, 4) is 11.5 Å². The molecule has 1 saturated carbocycles. The van der Waals surface area contributed by atoms with Gasteiger partial charge < -0.3 is 70.8 Å². The van der Waals surface area contributed by atoms with Gasteiger partial charge in [-0.05, 0) is 105 Å². The number of aromatic nitrogens is 4. The summed E-state index contributed by atoms with van der Waals surface area (Å²) < 4.78 is 86.3. The number of carbonyl (C=O) groups is 1. The molecule has 20 nitrogen and oxygen atoms in total. The first-order valence-corrected chi connectivity index (χ1v) is 39.5. The average molecular weight is 1270 g/mol. The Morgan fingerprint density at radius 2 is 1.20 bits per heavy atom. The molecule has 480 valence electrons. The summed E-state index contributed by atoms with van der Waals surface area (Å²) in [5.41, 5.74) is 9.96. The number of imidazole rings is 1. The number of nitrogens with zero attached hydrogens (tertiary/aromatic N) is 4. The lowest BCUT2D eigenvalue weighted by molar-refractivity contribution is -0.321. The van der Waals surface area contributed by atoms with E-state index in [0.717, 1.165) is 60.8 Å². The quantitative estimate of drug-likeness (QED) is 0.0103. The van der Waals surface area contributed by atoms with Gasteiger partial charge in [-0.15, -0.1) is 0 Å². The highest BCUT2D eigenvalue weighted by atomic mass is 28.5. The fourth-order valence-electron chi connectivity index (χ4n) is 11.2. The van der Waals surface area contributed by atoms with Crippen molar-refractivity contribution >= 4 is 48.6 Å². The first kappa shape index (κ1) is 68.4. The first-order valence-electron chi connectivity index (χ1n) is 31.0. The van der Waals surface area contributed by atoms with Gasteiger partial charge in [0.15, 0.2) is 45.9 Å². The monoisotopic (exact) mass is 1270 g/mol. The van der Waals surface area contributed by atoms with Crippen molar-refractivity contribution in [1.29, 1.82) is 0 Å². The summed E-state index contributed by atoms with van der Waals surface area (Å²) in [7, 11) is -2.70. The smallest absolute Gasteiger partial charge is 0.497 e. The summed E-state index contributed by atoms with van der Waals surface area (Å²) in [6.45, 7) is 11.7. The van der Waals surface area contributed by atoms with Crippen LogP contribution in [0, 0.1) is 0 Å². The predicted octanol–water partition coefficient (Wildman–Crippen LogP) is 11.5. The fraction of sp³-hybridized carbons (Fsp3) is 0.538. The number of benzene rings is 4. The number of carbonyl (C=O) groups excluding carboxylic acids is 1. The van der Waals surface area contributed by atoms with E-state index in [2.05, 4.69) is 56.7 Å². The van der Waals surface area contributed by atoms with Crippen LogP contribution in [-0.4, -0.2) is 150 Å². The van der Waals surface area contributed by atoms with E-state index in [1.807, 2.05) is 97.1 Å². The topological polar surface area (TPSA) is 219 Å². The van der Waals surface area contributed by atoms with Crippen LogP contribution in [0.15, 0.2) is 122 Å². The average Bonchev–Trinajstić information content (AvgIpc) is 1.34. The molecule has 2 fully saturated rings. The van der Waals surface area contributed by atoms with Gasteiger partial charge in [0.25, 0.3) is 6.48 Å². The van der Waals surface area contributed by atoms with Gasteiger partial charge in [0, 0.05) is 14.2 Å². The minimum absolute atomic E-state index is 0.0852. The van der Waals surface area contributed by atoms with E-state index in [0.29, 0.717) is 28.5 Å². The van der Waals surface area contributed by atoms with Crippen LogP contribution >= 0.6 is 0 Å². The molecular weight excluding hydrogens is 1180 g/mol. The van der Waals surface area contributed by atoms with Crippen molar-refractivity contribution in [2.24, 2.45) is 5.73 Å². The minimum Gasteiger partial charge on any atom is -0.497 e. The molecule has 0 amide bonds. The van der Waals surface area contributed by atoms with Gasteiger partial charge >= 0.3 is 15.0 Å². The Morgan fingerprint density at radius 1 is 0.682 bits per heavy atom. The Kier molecular flexibility index (Phi) is 25.7. The van der Waals surface area contributed by atoms with E-state index in [9.17, 15) is 4.79 Å². The zero-order chi connectivity index (χ0) is 62.6. The van der Waals surface area contributed by atoms with Crippen molar-refractivity contribution in [3.05, 3.63) is 144 Å². The maximum absolute atomic E-state index is 14.8. The van der Waals surface area contributed by atoms with Crippen molar-refractivity contribution in [3.63, 3.8) is 0 Å². The maximum atomic E-state index is 14.8. The number of fused-ring (bicyclic) bond motifs is 1. The van der Waals surface area contributed by atoms with Crippen molar-refractivity contribution in [2.45, 2.75) is 165 Å². The molecular formula is C65H94N6O14Si3. The third-order valence-electron chi connectivity index (χ3n) is 15.3. The molecule has 2 aliphatic rings. The molecule has 8 rings (SSSR count). The van der Waals surface area contributed by atoms with Crippen LogP contribution in [0.5, 0.6) is 11.5 Å². The van der Waals surface area contributed by atoms with E-state index >= 15 is 0 Å². The molecule has 0 bridgehead atoms. The zero-order valence-electron chi connectivity index (χ0n) is 53.2. The minimum atomic E-state index is -4.11. The number of methoxy groups -OCH3 is 4. The van der Waals surface area contributed by atoms with Crippen molar-refractivity contribution in [2.75, 3.05) is 66.8 Å². The Labute approximate surface area is 523 Å². The molecule has 3 N–H and O–H groups in total. The van der Waals surface area contributed by atoms with Gasteiger partial charge in [-0.3, -0.25) is 9.36 Å². The van der Waals surface area contributed by atoms with Gasteiger partial charge in [0.05, 0.1) is 59.7 Å². The van der Waals surface area contributed by atoms with Crippen LogP contribution in [0.25, 0.3) is 11.2 Å². The molecule has 23 heteroatoms. The Hall–Kier alpha value is -5.49. The highest BCUT2D eigenvalue weighted by Gasteiger charge is 2.57. The molecule has 0 radical (unpaired) electrons. The molecule has 0 unspecified atom stereocenters. The van der Waals surface area contributed by atoms with Gasteiger partial charge in [-0.1, -0.05) is 143 Å².